The van der Waals surface area contributed by atoms with E-state index >= 15 is 0 Å². The van der Waals surface area contributed by atoms with Gasteiger partial charge in [0.05, 0.1) is 0 Å². The van der Waals surface area contributed by atoms with Gasteiger partial charge in [0.1, 0.15) is 19.0 Å². The number of carbonyl (C=O) groups is 2. The van der Waals surface area contributed by atoms with Crippen LogP contribution in [0.5, 0.6) is 0 Å². The highest BCUT2D eigenvalue weighted by Gasteiger charge is 1.90. The lowest BCUT2D eigenvalue weighted by molar-refractivity contribution is -0.124. The van der Waals surface area contributed by atoms with E-state index in [1.165, 1.54) is 0 Å². The van der Waals surface area contributed by atoms with Crippen molar-refractivity contribution in [3.63, 3.8) is 0 Å². The molecule has 12 heavy (non-hydrogen) atoms. The van der Waals surface area contributed by atoms with Gasteiger partial charge in [-0.3, -0.25) is 9.59 Å². The molecule has 0 aromatic heterocycles. The largest absolute Gasteiger partial charge is 0.388 e. The lowest BCUT2D eigenvalue weighted by Crippen LogP contribution is -2.07. The summed E-state index contributed by atoms with van der Waals surface area (Å²) in [4.78, 5) is 19.9. The van der Waals surface area contributed by atoms with Gasteiger partial charge in [-0.05, 0) is 0 Å². The summed E-state index contributed by atoms with van der Waals surface area (Å²) in [6.45, 7) is 2.64. The molecule has 0 unspecified atom stereocenters. The molecule has 0 amide bonds. The quantitative estimate of drug-likeness (QED) is 0.628. The number of carbonyl (C=O) groups excluding carboxylic acids is 2. The van der Waals surface area contributed by atoms with Gasteiger partial charge in [-0.15, -0.1) is 0 Å². The van der Waals surface area contributed by atoms with E-state index in [1.54, 1.807) is 0 Å². The van der Waals surface area contributed by atoms with E-state index in [-0.39, 0.29) is 0 Å². The summed E-state index contributed by atoms with van der Waals surface area (Å²) in [6, 6.07) is 0. The molecule has 4 heteroatoms. The van der Waals surface area contributed by atoms with Gasteiger partial charge < -0.3 is 10.2 Å². The van der Waals surface area contributed by atoms with Crippen LogP contribution in [0.1, 0.15) is 26.7 Å². The van der Waals surface area contributed by atoms with Crippen LogP contribution in [0.15, 0.2) is 0 Å². The Hall–Kier alpha value is -0.740. The van der Waals surface area contributed by atoms with Gasteiger partial charge in [0, 0.05) is 12.8 Å². The van der Waals surface area contributed by atoms with Crippen molar-refractivity contribution in [2.45, 2.75) is 26.7 Å². The van der Waals surface area contributed by atoms with E-state index in [0.29, 0.717) is 18.6 Å². The summed E-state index contributed by atoms with van der Waals surface area (Å²) in [5, 5.41) is 15.7. The maximum absolute atomic E-state index is 10.2. The van der Waals surface area contributed by atoms with Gasteiger partial charge >= 0.3 is 0 Å². The molecular weight excluding hydrogens is 160 g/mol. The van der Waals surface area contributed by atoms with Crippen LogP contribution in [0, 0.1) is 0 Å². The summed E-state index contributed by atoms with van der Waals surface area (Å²) < 4.78 is 0. The molecule has 2 N–H and O–H groups in total. The summed E-state index contributed by atoms with van der Waals surface area (Å²) in [5.74, 6) is -0.204. The number of aliphatic hydroxyl groups excluding tert-OH is 2. The van der Waals surface area contributed by atoms with Crippen LogP contribution < -0.4 is 0 Å². The van der Waals surface area contributed by atoms with Crippen LogP contribution >= 0.6 is 0 Å². The van der Waals surface area contributed by atoms with Crippen LogP contribution in [0.25, 0.3) is 0 Å². The fourth-order valence-corrected chi connectivity index (χ4v) is 0.300. The first-order chi connectivity index (χ1) is 5.62. The number of hydrogen-bond acceptors (Lipinski definition) is 4. The molecule has 4 nitrogen and oxygen atoms in total. The standard InChI is InChI=1S/C5H10O.C3H6O3/c1-3-5(6)4-2;4-1-3(6)2-5/h3-4H2,1-2H3;4-5H,1-2H2. The average molecular weight is 176 g/mol. The molecule has 0 aromatic rings. The minimum absolute atomic E-state index is 0.343. The Balaban J connectivity index is 0. The predicted molar refractivity (Wildman–Crippen MR) is 44.8 cm³/mol. The molecule has 0 aromatic carbocycles. The van der Waals surface area contributed by atoms with E-state index in [0.717, 1.165) is 0 Å². The molecular formula is C8H16O4. The molecule has 0 radical (unpaired) electrons. The number of rotatable bonds is 4. The highest BCUT2D eigenvalue weighted by atomic mass is 16.3. The predicted octanol–water partition coefficient (Wildman–Crippen LogP) is -0.0844. The molecule has 0 aliphatic heterocycles. The monoisotopic (exact) mass is 176 g/mol. The first-order valence-electron chi connectivity index (χ1n) is 3.87. The topological polar surface area (TPSA) is 74.6 Å². The highest BCUT2D eigenvalue weighted by Crippen LogP contribution is 1.83. The van der Waals surface area contributed by atoms with E-state index in [2.05, 4.69) is 0 Å². The molecule has 0 bridgehead atoms. The fraction of sp³-hybridized carbons (Fsp3) is 0.750. The number of Topliss-reactive ketones (excluding diaryl/α,β-unsaturated/α-hetero) is 2. The summed E-state index contributed by atoms with van der Waals surface area (Å²) in [7, 11) is 0. The Morgan fingerprint density at radius 1 is 0.917 bits per heavy atom. The van der Waals surface area contributed by atoms with Gasteiger partial charge in [-0.25, -0.2) is 0 Å². The van der Waals surface area contributed by atoms with Crippen molar-refractivity contribution in [2.24, 2.45) is 0 Å². The van der Waals surface area contributed by atoms with Crippen molar-refractivity contribution < 1.29 is 19.8 Å². The van der Waals surface area contributed by atoms with Gasteiger partial charge in [0.25, 0.3) is 0 Å². The molecule has 0 fully saturated rings. The Kier molecular flexibility index (Phi) is 11.8. The molecule has 0 atom stereocenters. The molecule has 72 valence electrons. The zero-order chi connectivity index (χ0) is 9.98. The van der Waals surface area contributed by atoms with E-state index < -0.39 is 19.0 Å². The van der Waals surface area contributed by atoms with Crippen LogP contribution in [0.4, 0.5) is 0 Å². The van der Waals surface area contributed by atoms with E-state index in [9.17, 15) is 9.59 Å². The second-order valence-corrected chi connectivity index (χ2v) is 2.10. The number of ketones is 2. The zero-order valence-corrected chi connectivity index (χ0v) is 7.54. The normalized spacial score (nSPS) is 8.33. The van der Waals surface area contributed by atoms with Crippen molar-refractivity contribution in [3.8, 4) is 0 Å². The van der Waals surface area contributed by atoms with Gasteiger partial charge in [-0.1, -0.05) is 13.8 Å². The van der Waals surface area contributed by atoms with Crippen LogP contribution in [0.3, 0.4) is 0 Å². The van der Waals surface area contributed by atoms with Crippen molar-refractivity contribution in [1.29, 1.82) is 0 Å². The maximum Gasteiger partial charge on any atom is 0.183 e. The second kappa shape index (κ2) is 10.3. The molecule has 0 spiro atoms. The van der Waals surface area contributed by atoms with Gasteiger partial charge in [-0.2, -0.15) is 0 Å². The molecule has 0 saturated heterocycles. The minimum atomic E-state index is -0.559. The maximum atomic E-state index is 10.2. The molecule has 0 aliphatic carbocycles. The van der Waals surface area contributed by atoms with E-state index in [1.807, 2.05) is 13.8 Å². The van der Waals surface area contributed by atoms with Gasteiger partial charge in [0.2, 0.25) is 0 Å². The average Bonchev–Trinajstić information content (AvgIpc) is 2.16. The van der Waals surface area contributed by atoms with Crippen molar-refractivity contribution in [3.05, 3.63) is 0 Å². The molecule has 0 heterocycles. The third kappa shape index (κ3) is 12.0. The summed E-state index contributed by atoms with van der Waals surface area (Å²) in [5.41, 5.74) is 0. The Bertz CT molecular complexity index is 103. The third-order valence-corrected chi connectivity index (χ3v) is 1.14. The number of aliphatic hydroxyl groups is 2. The molecule has 0 saturated carbocycles. The van der Waals surface area contributed by atoms with Crippen molar-refractivity contribution in [2.75, 3.05) is 13.2 Å². The zero-order valence-electron chi connectivity index (χ0n) is 7.54. The molecule has 0 rings (SSSR count). The highest BCUT2D eigenvalue weighted by molar-refractivity contribution is 5.80. The second-order valence-electron chi connectivity index (χ2n) is 2.10. The van der Waals surface area contributed by atoms with Crippen LogP contribution in [0.2, 0.25) is 0 Å². The minimum Gasteiger partial charge on any atom is -0.388 e. The SMILES string of the molecule is CCC(=O)CC.O=C(CO)CO. The Morgan fingerprint density at radius 3 is 1.25 bits per heavy atom. The first kappa shape index (κ1) is 13.8. The number of hydrogen-bond donors (Lipinski definition) is 2. The van der Waals surface area contributed by atoms with E-state index in [4.69, 9.17) is 10.2 Å². The van der Waals surface area contributed by atoms with Gasteiger partial charge in [0.15, 0.2) is 5.78 Å². The third-order valence-electron chi connectivity index (χ3n) is 1.14. The summed E-state index contributed by atoms with van der Waals surface area (Å²) in [6.07, 6.45) is 1.38. The first-order valence-corrected chi connectivity index (χ1v) is 3.87. The lowest BCUT2D eigenvalue weighted by Gasteiger charge is -1.81. The van der Waals surface area contributed by atoms with Crippen molar-refractivity contribution >= 4 is 11.6 Å². The Labute approximate surface area is 72.2 Å². The molecule has 0 aliphatic rings. The van der Waals surface area contributed by atoms with Crippen LogP contribution in [-0.4, -0.2) is 35.0 Å². The fourth-order valence-electron chi connectivity index (χ4n) is 0.300. The van der Waals surface area contributed by atoms with Crippen LogP contribution in [-0.2, 0) is 9.59 Å². The summed E-state index contributed by atoms with van der Waals surface area (Å²) >= 11 is 0. The smallest absolute Gasteiger partial charge is 0.183 e. The van der Waals surface area contributed by atoms with Crippen molar-refractivity contribution in [1.82, 2.24) is 0 Å². The Morgan fingerprint density at radius 2 is 1.25 bits per heavy atom. The lowest BCUT2D eigenvalue weighted by atomic mass is 10.3.